The van der Waals surface area contributed by atoms with Crippen LogP contribution in [-0.2, 0) is 19.3 Å². The summed E-state index contributed by atoms with van der Waals surface area (Å²) >= 11 is 0. The van der Waals surface area contributed by atoms with Crippen LogP contribution in [0.3, 0.4) is 0 Å². The monoisotopic (exact) mass is 271 g/mol. The molecule has 1 nitrogen and oxygen atoms in total. The van der Waals surface area contributed by atoms with E-state index in [1.165, 1.54) is 30.4 Å². The summed E-state index contributed by atoms with van der Waals surface area (Å²) in [6, 6.07) is 7.08. The van der Waals surface area contributed by atoms with Gasteiger partial charge in [0.2, 0.25) is 0 Å². The minimum absolute atomic E-state index is 0.224. The van der Waals surface area contributed by atoms with Crippen molar-refractivity contribution in [2.24, 2.45) is 0 Å². The van der Waals surface area contributed by atoms with Crippen molar-refractivity contribution in [3.05, 3.63) is 46.5 Å². The van der Waals surface area contributed by atoms with E-state index in [0.29, 0.717) is 0 Å². The molecule has 0 fully saturated rings. The van der Waals surface area contributed by atoms with E-state index >= 15 is 0 Å². The Morgan fingerprint density at radius 3 is 2.70 bits per heavy atom. The van der Waals surface area contributed by atoms with Crippen LogP contribution in [0.4, 0.5) is 0 Å². The van der Waals surface area contributed by atoms with Gasteiger partial charge < -0.3 is 5.32 Å². The molecule has 0 saturated carbocycles. The van der Waals surface area contributed by atoms with Crippen molar-refractivity contribution in [3.8, 4) is 0 Å². The van der Waals surface area contributed by atoms with E-state index < -0.39 is 0 Å². The van der Waals surface area contributed by atoms with E-state index in [0.717, 1.165) is 19.4 Å². The van der Waals surface area contributed by atoms with Gasteiger partial charge in [-0.2, -0.15) is 0 Å². The van der Waals surface area contributed by atoms with Crippen LogP contribution in [0.2, 0.25) is 0 Å². The molecule has 0 amide bonds. The van der Waals surface area contributed by atoms with E-state index in [4.69, 9.17) is 0 Å². The molecular weight excluding hydrogens is 242 g/mol. The third-order valence-corrected chi connectivity index (χ3v) is 3.94. The van der Waals surface area contributed by atoms with Gasteiger partial charge in [-0.05, 0) is 83.0 Å². The Bertz CT molecular complexity index is 477. The maximum absolute atomic E-state index is 3.53. The van der Waals surface area contributed by atoms with Crippen molar-refractivity contribution in [2.75, 3.05) is 6.54 Å². The second kappa shape index (κ2) is 6.58. The van der Waals surface area contributed by atoms with Crippen molar-refractivity contribution in [1.29, 1.82) is 0 Å². The van der Waals surface area contributed by atoms with Crippen LogP contribution in [0.5, 0.6) is 0 Å². The molecule has 0 unspecified atom stereocenters. The minimum Gasteiger partial charge on any atom is -0.312 e. The van der Waals surface area contributed by atoms with E-state index in [2.05, 4.69) is 57.3 Å². The van der Waals surface area contributed by atoms with Crippen molar-refractivity contribution < 1.29 is 0 Å². The smallest absolute Gasteiger partial charge is 0.00966 e. The molecule has 0 spiro atoms. The summed E-state index contributed by atoms with van der Waals surface area (Å²) in [5, 5.41) is 3.53. The number of rotatable bonds is 5. The van der Waals surface area contributed by atoms with Gasteiger partial charge in [0.15, 0.2) is 0 Å². The predicted octanol–water partition coefficient (Wildman–Crippen LogP) is 4.44. The van der Waals surface area contributed by atoms with Gasteiger partial charge >= 0.3 is 0 Å². The van der Waals surface area contributed by atoms with Gasteiger partial charge in [0.1, 0.15) is 0 Å². The lowest BCUT2D eigenvalue weighted by Gasteiger charge is -2.19. The first-order valence-corrected chi connectivity index (χ1v) is 7.95. The lowest BCUT2D eigenvalue weighted by molar-refractivity contribution is 0.431. The number of allylic oxidation sites excluding steroid dienone is 1. The maximum Gasteiger partial charge on any atom is 0.00966 e. The quantitative estimate of drug-likeness (QED) is 0.616. The average Bonchev–Trinajstić information content (AvgIpc) is 2.81. The zero-order chi connectivity index (χ0) is 14.6. The highest BCUT2D eigenvalue weighted by molar-refractivity contribution is 5.36. The molecule has 1 aliphatic carbocycles. The Morgan fingerprint density at radius 1 is 1.20 bits per heavy atom. The molecule has 0 bridgehead atoms. The SMILES string of the molecule is CC(=CCCNC(C)(C)C)Cc1ccc2c(c1)CCC2. The van der Waals surface area contributed by atoms with Gasteiger partial charge in [-0.15, -0.1) is 0 Å². The third-order valence-electron chi connectivity index (χ3n) is 3.94. The molecular formula is C19H29N. The number of benzene rings is 1. The minimum atomic E-state index is 0.224. The van der Waals surface area contributed by atoms with Crippen LogP contribution >= 0.6 is 0 Å². The first kappa shape index (κ1) is 15.3. The van der Waals surface area contributed by atoms with Gasteiger partial charge in [0, 0.05) is 5.54 Å². The molecule has 0 radical (unpaired) electrons. The average molecular weight is 271 g/mol. The third kappa shape index (κ3) is 4.79. The van der Waals surface area contributed by atoms with Crippen LogP contribution in [-0.4, -0.2) is 12.1 Å². The molecule has 20 heavy (non-hydrogen) atoms. The molecule has 0 aliphatic heterocycles. The number of hydrogen-bond acceptors (Lipinski definition) is 1. The Hall–Kier alpha value is -1.08. The van der Waals surface area contributed by atoms with E-state index in [9.17, 15) is 0 Å². The highest BCUT2D eigenvalue weighted by atomic mass is 14.9. The zero-order valence-electron chi connectivity index (χ0n) is 13.6. The van der Waals surface area contributed by atoms with Crippen LogP contribution in [0.25, 0.3) is 0 Å². The van der Waals surface area contributed by atoms with Crippen LogP contribution in [0, 0.1) is 0 Å². The van der Waals surface area contributed by atoms with Crippen molar-refractivity contribution in [2.45, 2.75) is 65.3 Å². The highest BCUT2D eigenvalue weighted by Gasteiger charge is 2.10. The molecule has 0 heterocycles. The summed E-state index contributed by atoms with van der Waals surface area (Å²) in [4.78, 5) is 0. The number of aryl methyl sites for hydroxylation is 2. The van der Waals surface area contributed by atoms with Gasteiger partial charge in [-0.3, -0.25) is 0 Å². The van der Waals surface area contributed by atoms with Gasteiger partial charge in [-0.25, -0.2) is 0 Å². The Kier molecular flexibility index (Phi) is 5.04. The summed E-state index contributed by atoms with van der Waals surface area (Å²) < 4.78 is 0. The molecule has 1 N–H and O–H groups in total. The van der Waals surface area contributed by atoms with E-state index in [1.807, 2.05) is 0 Å². The highest BCUT2D eigenvalue weighted by Crippen LogP contribution is 2.23. The molecule has 2 rings (SSSR count). The van der Waals surface area contributed by atoms with E-state index in [-0.39, 0.29) is 5.54 Å². The molecule has 1 aliphatic rings. The zero-order valence-corrected chi connectivity index (χ0v) is 13.6. The van der Waals surface area contributed by atoms with Crippen LogP contribution < -0.4 is 5.32 Å². The van der Waals surface area contributed by atoms with Crippen molar-refractivity contribution >= 4 is 0 Å². The second-order valence-corrected chi connectivity index (χ2v) is 7.15. The summed E-state index contributed by atoms with van der Waals surface area (Å²) in [6.07, 6.45) is 8.50. The Morgan fingerprint density at radius 2 is 1.95 bits per heavy atom. The van der Waals surface area contributed by atoms with Crippen molar-refractivity contribution in [1.82, 2.24) is 5.32 Å². The first-order valence-electron chi connectivity index (χ1n) is 7.95. The molecule has 0 aromatic heterocycles. The number of fused-ring (bicyclic) bond motifs is 1. The first-order chi connectivity index (χ1) is 9.44. The molecule has 1 aromatic carbocycles. The molecule has 1 heteroatoms. The van der Waals surface area contributed by atoms with Crippen LogP contribution in [0.1, 0.15) is 57.2 Å². The maximum atomic E-state index is 3.53. The molecule has 0 atom stereocenters. The largest absolute Gasteiger partial charge is 0.312 e. The summed E-state index contributed by atoms with van der Waals surface area (Å²) in [5.74, 6) is 0. The Balaban J connectivity index is 1.83. The predicted molar refractivity (Wildman–Crippen MR) is 88.3 cm³/mol. The van der Waals surface area contributed by atoms with Gasteiger partial charge in [0.05, 0.1) is 0 Å². The number of nitrogens with one attached hydrogen (secondary N) is 1. The standard InChI is InChI=1S/C19H29N/c1-15(7-6-12-20-19(2,3)4)13-16-10-11-17-8-5-9-18(17)14-16/h7,10-11,14,20H,5-6,8-9,12-13H2,1-4H3. The lowest BCUT2D eigenvalue weighted by Crippen LogP contribution is -2.36. The van der Waals surface area contributed by atoms with Crippen LogP contribution in [0.15, 0.2) is 29.8 Å². The normalized spacial score (nSPS) is 15.5. The summed E-state index contributed by atoms with van der Waals surface area (Å²) in [5.41, 5.74) is 6.35. The fraction of sp³-hybridized carbons (Fsp3) is 0.579. The second-order valence-electron chi connectivity index (χ2n) is 7.15. The molecule has 110 valence electrons. The van der Waals surface area contributed by atoms with Crippen molar-refractivity contribution in [3.63, 3.8) is 0 Å². The van der Waals surface area contributed by atoms with Gasteiger partial charge in [-0.1, -0.05) is 29.8 Å². The molecule has 0 saturated heterocycles. The Labute approximate surface area is 124 Å². The molecule has 1 aromatic rings. The fourth-order valence-corrected chi connectivity index (χ4v) is 2.90. The van der Waals surface area contributed by atoms with Gasteiger partial charge in [0.25, 0.3) is 0 Å². The summed E-state index contributed by atoms with van der Waals surface area (Å²) in [6.45, 7) is 9.96. The fourth-order valence-electron chi connectivity index (χ4n) is 2.90. The lowest BCUT2D eigenvalue weighted by atomic mass is 10.0. The topological polar surface area (TPSA) is 12.0 Å². The summed E-state index contributed by atoms with van der Waals surface area (Å²) in [7, 11) is 0. The number of hydrogen-bond donors (Lipinski definition) is 1. The van der Waals surface area contributed by atoms with E-state index in [1.54, 1.807) is 11.1 Å².